The lowest BCUT2D eigenvalue weighted by Gasteiger charge is -2.38. The Kier molecular flexibility index (Phi) is 4.99. The Labute approximate surface area is 127 Å². The molecule has 1 aliphatic heterocycles. The van der Waals surface area contributed by atoms with Crippen molar-refractivity contribution < 1.29 is 0 Å². The lowest BCUT2D eigenvalue weighted by atomic mass is 9.90. The normalized spacial score (nSPS) is 22.9. The molecule has 0 radical (unpaired) electrons. The van der Waals surface area contributed by atoms with E-state index in [4.69, 9.17) is 5.73 Å². The first-order valence-corrected chi connectivity index (χ1v) is 7.74. The van der Waals surface area contributed by atoms with Crippen molar-refractivity contribution in [2.75, 3.05) is 18.0 Å². The van der Waals surface area contributed by atoms with Crippen LogP contribution in [-0.2, 0) is 6.54 Å². The van der Waals surface area contributed by atoms with Crippen LogP contribution in [0.4, 0.5) is 5.69 Å². The fourth-order valence-corrected chi connectivity index (χ4v) is 3.19. The summed E-state index contributed by atoms with van der Waals surface area (Å²) in [7, 11) is 0. The molecule has 0 aromatic carbocycles. The number of hydrogen-bond acceptors (Lipinski definition) is 4. The van der Waals surface area contributed by atoms with Crippen molar-refractivity contribution in [3.63, 3.8) is 0 Å². The first kappa shape index (κ1) is 15.3. The highest BCUT2D eigenvalue weighted by atomic mass is 79.9. The lowest BCUT2D eigenvalue weighted by Crippen LogP contribution is -2.47. The fraction of sp³-hybridized carbons (Fsp3) is 0.571. The molecule has 2 N–H and O–H groups in total. The fourth-order valence-electron chi connectivity index (χ4n) is 2.63. The van der Waals surface area contributed by atoms with Gasteiger partial charge in [0.2, 0.25) is 0 Å². The molecule has 1 saturated heterocycles. The van der Waals surface area contributed by atoms with Gasteiger partial charge in [0.25, 0.3) is 5.56 Å². The lowest BCUT2D eigenvalue weighted by molar-refractivity contribution is 0.347. The number of nitrogens with two attached hydrogens (primary N) is 1. The molecular weight excluding hydrogens is 320 g/mol. The summed E-state index contributed by atoms with van der Waals surface area (Å²) in [6.45, 7) is 7.94. The number of nitrogens with zero attached hydrogens (tertiary/aromatic N) is 3. The second-order valence-corrected chi connectivity index (χ2v) is 5.98. The van der Waals surface area contributed by atoms with E-state index in [1.54, 1.807) is 12.3 Å². The number of piperidine rings is 1. The van der Waals surface area contributed by atoms with E-state index in [9.17, 15) is 4.79 Å². The van der Waals surface area contributed by atoms with Crippen molar-refractivity contribution in [3.8, 4) is 0 Å². The van der Waals surface area contributed by atoms with E-state index in [1.165, 1.54) is 4.68 Å². The number of halogens is 1. The molecule has 2 atom stereocenters. The number of rotatable bonds is 4. The molecule has 0 aliphatic carbocycles. The van der Waals surface area contributed by atoms with E-state index in [0.29, 0.717) is 16.9 Å². The van der Waals surface area contributed by atoms with Crippen LogP contribution in [0.5, 0.6) is 0 Å². The molecule has 0 spiro atoms. The molecule has 0 bridgehead atoms. The zero-order valence-electron chi connectivity index (χ0n) is 11.8. The molecule has 2 unspecified atom stereocenters. The van der Waals surface area contributed by atoms with E-state index in [0.717, 1.165) is 31.6 Å². The van der Waals surface area contributed by atoms with Gasteiger partial charge in [0.1, 0.15) is 4.47 Å². The molecule has 0 saturated carbocycles. The summed E-state index contributed by atoms with van der Waals surface area (Å²) in [6.07, 6.45) is 5.41. The van der Waals surface area contributed by atoms with Crippen LogP contribution in [0.3, 0.4) is 0 Å². The molecule has 110 valence electrons. The third kappa shape index (κ3) is 2.96. The maximum Gasteiger partial charge on any atom is 0.283 e. The van der Waals surface area contributed by atoms with Gasteiger partial charge in [-0.25, -0.2) is 4.68 Å². The first-order valence-electron chi connectivity index (χ1n) is 6.95. The van der Waals surface area contributed by atoms with Crippen LogP contribution in [-0.4, -0.2) is 28.9 Å². The van der Waals surface area contributed by atoms with Crippen molar-refractivity contribution in [1.29, 1.82) is 0 Å². The Balaban J connectivity index is 2.27. The van der Waals surface area contributed by atoms with Crippen LogP contribution in [0.2, 0.25) is 0 Å². The van der Waals surface area contributed by atoms with E-state index >= 15 is 0 Å². The third-order valence-corrected chi connectivity index (χ3v) is 4.67. The Morgan fingerprint density at radius 2 is 2.40 bits per heavy atom. The van der Waals surface area contributed by atoms with Gasteiger partial charge in [-0.2, -0.15) is 5.10 Å². The van der Waals surface area contributed by atoms with Crippen LogP contribution in [0.25, 0.3) is 0 Å². The van der Waals surface area contributed by atoms with Crippen molar-refractivity contribution in [2.45, 2.75) is 32.4 Å². The van der Waals surface area contributed by atoms with Gasteiger partial charge < -0.3 is 10.6 Å². The topological polar surface area (TPSA) is 64.2 Å². The number of anilines is 1. The van der Waals surface area contributed by atoms with Gasteiger partial charge in [-0.3, -0.25) is 4.79 Å². The summed E-state index contributed by atoms with van der Waals surface area (Å²) in [6, 6.07) is 0.254. The quantitative estimate of drug-likeness (QED) is 0.848. The van der Waals surface area contributed by atoms with Gasteiger partial charge >= 0.3 is 0 Å². The minimum Gasteiger partial charge on any atom is -0.369 e. The van der Waals surface area contributed by atoms with Crippen LogP contribution < -0.4 is 16.2 Å². The zero-order chi connectivity index (χ0) is 14.7. The molecule has 5 nitrogen and oxygen atoms in total. The van der Waals surface area contributed by atoms with E-state index in [2.05, 4.69) is 39.4 Å². The third-order valence-electron chi connectivity index (χ3n) is 3.93. The van der Waals surface area contributed by atoms with Gasteiger partial charge in [0.15, 0.2) is 0 Å². The molecule has 1 aliphatic rings. The summed E-state index contributed by atoms with van der Waals surface area (Å²) in [5.74, 6) is 0.464. The zero-order valence-corrected chi connectivity index (χ0v) is 13.3. The van der Waals surface area contributed by atoms with Gasteiger partial charge in [0.05, 0.1) is 18.4 Å². The minimum atomic E-state index is -0.120. The summed E-state index contributed by atoms with van der Waals surface area (Å²) in [5.41, 5.74) is 6.87. The second-order valence-electron chi connectivity index (χ2n) is 5.19. The first-order chi connectivity index (χ1) is 9.58. The van der Waals surface area contributed by atoms with Crippen molar-refractivity contribution >= 4 is 21.6 Å². The maximum absolute atomic E-state index is 12.2. The molecule has 1 fully saturated rings. The highest BCUT2D eigenvalue weighted by Crippen LogP contribution is 2.27. The predicted molar refractivity (Wildman–Crippen MR) is 85.0 cm³/mol. The average molecular weight is 341 g/mol. The summed E-state index contributed by atoms with van der Waals surface area (Å²) >= 11 is 3.41. The number of aromatic nitrogens is 2. The van der Waals surface area contributed by atoms with Crippen LogP contribution in [0.15, 0.2) is 28.1 Å². The molecular formula is C14H21BrN4O. The van der Waals surface area contributed by atoms with Gasteiger partial charge in [-0.1, -0.05) is 19.4 Å². The van der Waals surface area contributed by atoms with Crippen LogP contribution in [0.1, 0.15) is 19.8 Å². The molecule has 2 heterocycles. The Morgan fingerprint density at radius 3 is 3.05 bits per heavy atom. The Bertz CT molecular complexity index is 542. The molecule has 1 aromatic rings. The summed E-state index contributed by atoms with van der Waals surface area (Å²) < 4.78 is 1.97. The number of hydrogen-bond donors (Lipinski definition) is 1. The molecule has 6 heteroatoms. The minimum absolute atomic E-state index is 0.120. The standard InChI is InChI=1S/C14H21BrN4O/c1-3-6-19-14(20)13(15)12(8-17-19)18-7-5-11(16)10(4-2)9-18/h3,8,10-11H,1,4-7,9,16H2,2H3. The Morgan fingerprint density at radius 1 is 1.65 bits per heavy atom. The number of allylic oxidation sites excluding steroid dienone is 1. The van der Waals surface area contributed by atoms with E-state index < -0.39 is 0 Å². The SMILES string of the molecule is C=CCn1ncc(N2CCC(N)C(CC)C2)c(Br)c1=O. The van der Waals surface area contributed by atoms with Crippen molar-refractivity contribution in [3.05, 3.63) is 33.7 Å². The molecule has 1 aromatic heterocycles. The average Bonchev–Trinajstić information content (AvgIpc) is 2.45. The second kappa shape index (κ2) is 6.54. The Hall–Kier alpha value is -1.14. The van der Waals surface area contributed by atoms with Crippen LogP contribution >= 0.6 is 15.9 Å². The van der Waals surface area contributed by atoms with Gasteiger partial charge in [0, 0.05) is 19.1 Å². The van der Waals surface area contributed by atoms with Gasteiger partial charge in [-0.15, -0.1) is 6.58 Å². The maximum atomic E-state index is 12.2. The summed E-state index contributed by atoms with van der Waals surface area (Å²) in [4.78, 5) is 14.4. The molecule has 2 rings (SSSR count). The molecule has 20 heavy (non-hydrogen) atoms. The van der Waals surface area contributed by atoms with E-state index in [1.807, 2.05) is 0 Å². The van der Waals surface area contributed by atoms with Crippen molar-refractivity contribution in [1.82, 2.24) is 9.78 Å². The highest BCUT2D eigenvalue weighted by molar-refractivity contribution is 9.10. The van der Waals surface area contributed by atoms with Gasteiger partial charge in [-0.05, 0) is 28.3 Å². The van der Waals surface area contributed by atoms with Crippen molar-refractivity contribution in [2.24, 2.45) is 11.7 Å². The monoisotopic (exact) mass is 340 g/mol. The predicted octanol–water partition coefficient (Wildman–Crippen LogP) is 1.76. The van der Waals surface area contributed by atoms with Crippen LogP contribution in [0, 0.1) is 5.92 Å². The summed E-state index contributed by atoms with van der Waals surface area (Å²) in [5, 5.41) is 4.20. The highest BCUT2D eigenvalue weighted by Gasteiger charge is 2.27. The largest absolute Gasteiger partial charge is 0.369 e. The van der Waals surface area contributed by atoms with E-state index in [-0.39, 0.29) is 11.6 Å². The smallest absolute Gasteiger partial charge is 0.283 e. The molecule has 0 amide bonds.